The number of carbonyl (C=O) groups excluding carboxylic acids is 5. The summed E-state index contributed by atoms with van der Waals surface area (Å²) in [7, 11) is 0. The summed E-state index contributed by atoms with van der Waals surface area (Å²) in [5, 5.41) is 33.9. The number of unbranched alkanes of at least 4 members (excludes halogenated alkanes) is 5. The Morgan fingerprint density at radius 3 is 2.20 bits per heavy atom. The number of hydrogen-bond donors (Lipinski definition) is 6. The van der Waals surface area contributed by atoms with Crippen molar-refractivity contribution in [1.82, 2.24) is 46.0 Å². The van der Waals surface area contributed by atoms with Gasteiger partial charge in [0.25, 0.3) is 0 Å². The molecule has 1 aliphatic carbocycles. The van der Waals surface area contributed by atoms with Crippen LogP contribution in [0.5, 0.6) is 0 Å². The van der Waals surface area contributed by atoms with Crippen molar-refractivity contribution in [1.29, 1.82) is 0 Å². The van der Waals surface area contributed by atoms with Gasteiger partial charge in [0.1, 0.15) is 24.2 Å². The first kappa shape index (κ1) is 56.2. The number of β-amino-alcohol motifs (C(OH)–C–C–N with tert-alkyl or cyclic N) is 1. The van der Waals surface area contributed by atoms with Gasteiger partial charge in [-0.2, -0.15) is 0 Å². The van der Waals surface area contributed by atoms with Crippen LogP contribution in [0.3, 0.4) is 0 Å². The van der Waals surface area contributed by atoms with Gasteiger partial charge in [0.2, 0.25) is 29.5 Å². The highest BCUT2D eigenvalue weighted by Gasteiger charge is 2.44. The van der Waals surface area contributed by atoms with Gasteiger partial charge in [-0.15, -0.1) is 11.3 Å². The number of nitrogens with one attached hydrogen (secondary N) is 4. The maximum atomic E-state index is 14.0. The molecule has 19 heteroatoms. The number of carbonyl (C=O) groups is 5. The monoisotopic (exact) mass is 1050 g/mol. The van der Waals surface area contributed by atoms with E-state index in [-0.39, 0.29) is 67.8 Å². The largest absolute Gasteiger partial charge is 0.391 e. The number of nitrogens with zero attached hydrogens (tertiary/aromatic N) is 6. The van der Waals surface area contributed by atoms with Crippen LogP contribution in [-0.4, -0.2) is 135 Å². The van der Waals surface area contributed by atoms with Crippen molar-refractivity contribution in [2.24, 2.45) is 5.41 Å². The normalized spacial score (nSPS) is 19.5. The van der Waals surface area contributed by atoms with E-state index in [1.165, 1.54) is 11.2 Å². The second-order valence-electron chi connectivity index (χ2n) is 21.2. The Hall–Kier alpha value is -5.53. The first-order valence-electron chi connectivity index (χ1n) is 26.3. The molecule has 2 aromatic carbocycles. The van der Waals surface area contributed by atoms with Crippen molar-refractivity contribution in [2.75, 3.05) is 57.3 Å². The van der Waals surface area contributed by atoms with Crippen molar-refractivity contribution in [2.45, 2.75) is 141 Å². The van der Waals surface area contributed by atoms with E-state index in [0.717, 1.165) is 70.7 Å². The van der Waals surface area contributed by atoms with Crippen LogP contribution in [0.4, 0.5) is 5.82 Å². The van der Waals surface area contributed by atoms with Crippen LogP contribution in [0, 0.1) is 12.3 Å². The summed E-state index contributed by atoms with van der Waals surface area (Å²) >= 11 is 7.78. The van der Waals surface area contributed by atoms with Gasteiger partial charge < -0.3 is 46.2 Å². The lowest BCUT2D eigenvalue weighted by Crippen LogP contribution is -2.57. The number of aliphatic hydroxyl groups is 2. The van der Waals surface area contributed by atoms with Gasteiger partial charge in [-0.3, -0.25) is 24.0 Å². The van der Waals surface area contributed by atoms with Crippen molar-refractivity contribution in [3.8, 4) is 10.4 Å². The molecule has 400 valence electrons. The van der Waals surface area contributed by atoms with Gasteiger partial charge in [0.05, 0.1) is 39.9 Å². The van der Waals surface area contributed by atoms with Crippen molar-refractivity contribution in [3.63, 3.8) is 0 Å². The van der Waals surface area contributed by atoms with Gasteiger partial charge in [0, 0.05) is 88.8 Å². The molecule has 0 spiro atoms. The standard InChI is InChI=1S/C55H75ClN10O7S/c1-35-28-44(68)48-47(35)51(61-33-60-48)64-24-26-65(27-25-64)53(72)42(38-17-19-40(56)20-18-38)31-57-23-21-45(69)58-22-11-9-7-6-8-10-12-46(70)63-50(55(3,4)5)54(73)66-32-41(67)29-43(66)52(71)59-30-37-13-15-39(16-14-37)49-36(2)62-34-74-49/h13-20,33-35,41-44,50,57,67-68H,6-12,21-32H2,1-5H3,(H,58,69)(H,59,71)(H,63,70)/t35-,41-,42?,43+,44-,50?/m1/s1. The van der Waals surface area contributed by atoms with E-state index in [1.807, 2.05) is 74.5 Å². The molecule has 0 bridgehead atoms. The average Bonchev–Trinajstić information content (AvgIpc) is 4.09. The molecule has 6 N–H and O–H groups in total. The second-order valence-corrected chi connectivity index (χ2v) is 22.5. The number of halogens is 1. The van der Waals surface area contributed by atoms with Crippen LogP contribution >= 0.6 is 22.9 Å². The number of hydrogen-bond acceptors (Lipinski definition) is 13. The molecule has 3 aliphatic rings. The molecule has 5 amide bonds. The van der Waals surface area contributed by atoms with E-state index in [2.05, 4.69) is 48.0 Å². The van der Waals surface area contributed by atoms with Crippen molar-refractivity contribution in [3.05, 3.63) is 93.5 Å². The maximum absolute atomic E-state index is 14.0. The molecule has 7 rings (SSSR count). The molecular formula is C55H75ClN10O7S. The molecule has 2 fully saturated rings. The third-order valence-corrected chi connectivity index (χ3v) is 15.7. The van der Waals surface area contributed by atoms with Crippen LogP contribution in [-0.2, 0) is 30.5 Å². The van der Waals surface area contributed by atoms with Crippen LogP contribution in [0.25, 0.3) is 10.4 Å². The topological polar surface area (TPSA) is 222 Å². The zero-order valence-corrected chi connectivity index (χ0v) is 45.2. The minimum absolute atomic E-state index is 0.0135. The van der Waals surface area contributed by atoms with Crippen molar-refractivity contribution >= 4 is 58.3 Å². The van der Waals surface area contributed by atoms with Gasteiger partial charge >= 0.3 is 0 Å². The number of amides is 5. The number of aliphatic hydroxyl groups excluding tert-OH is 2. The second kappa shape index (κ2) is 26.3. The van der Waals surface area contributed by atoms with Crippen LogP contribution in [0.1, 0.15) is 138 Å². The molecule has 2 aliphatic heterocycles. The summed E-state index contributed by atoms with van der Waals surface area (Å²) in [6, 6.07) is 13.5. The van der Waals surface area contributed by atoms with E-state index in [4.69, 9.17) is 11.6 Å². The lowest BCUT2D eigenvalue weighted by Gasteiger charge is -2.38. The number of fused-ring (bicyclic) bond motifs is 1. The summed E-state index contributed by atoms with van der Waals surface area (Å²) in [6.45, 7) is 13.6. The average molecular weight is 1060 g/mol. The Balaban J connectivity index is 0.759. The fourth-order valence-corrected chi connectivity index (χ4v) is 11.2. The molecule has 0 saturated carbocycles. The highest BCUT2D eigenvalue weighted by Crippen LogP contribution is 2.43. The molecule has 2 aromatic heterocycles. The molecule has 0 radical (unpaired) electrons. The molecule has 2 saturated heterocycles. The smallest absolute Gasteiger partial charge is 0.246 e. The Bertz CT molecular complexity index is 2530. The van der Waals surface area contributed by atoms with Gasteiger partial charge in [-0.1, -0.05) is 101 Å². The number of rotatable bonds is 23. The Morgan fingerprint density at radius 2 is 1.51 bits per heavy atom. The van der Waals surface area contributed by atoms with Crippen molar-refractivity contribution < 1.29 is 34.2 Å². The number of benzene rings is 2. The zero-order valence-electron chi connectivity index (χ0n) is 43.6. The number of piperazine rings is 1. The quantitative estimate of drug-likeness (QED) is 0.0460. The maximum Gasteiger partial charge on any atom is 0.246 e. The minimum Gasteiger partial charge on any atom is -0.391 e. The first-order chi connectivity index (χ1) is 35.5. The number of thiazole rings is 1. The molecule has 74 heavy (non-hydrogen) atoms. The lowest BCUT2D eigenvalue weighted by molar-refractivity contribution is -0.144. The van der Waals surface area contributed by atoms with E-state index in [1.54, 1.807) is 23.5 Å². The number of likely N-dealkylation sites (tertiary alicyclic amines) is 1. The fourth-order valence-electron chi connectivity index (χ4n) is 10.3. The third kappa shape index (κ3) is 14.9. The van der Waals surface area contributed by atoms with Gasteiger partial charge in [0.15, 0.2) is 0 Å². The fraction of sp³-hybridized carbons (Fsp3) is 0.564. The lowest BCUT2D eigenvalue weighted by atomic mass is 9.85. The predicted molar refractivity (Wildman–Crippen MR) is 287 cm³/mol. The van der Waals surface area contributed by atoms with E-state index in [9.17, 15) is 34.2 Å². The number of aryl methyl sites for hydroxylation is 1. The Kier molecular flexibility index (Phi) is 20.0. The molecule has 6 atom stereocenters. The summed E-state index contributed by atoms with van der Waals surface area (Å²) in [5.74, 6) is -0.450. The highest BCUT2D eigenvalue weighted by molar-refractivity contribution is 7.13. The molecular weight excluding hydrogens is 980 g/mol. The molecule has 4 heterocycles. The number of aromatic nitrogens is 3. The summed E-state index contributed by atoms with van der Waals surface area (Å²) in [6.07, 6.45) is 6.55. The van der Waals surface area contributed by atoms with Crippen LogP contribution in [0.15, 0.2) is 60.4 Å². The first-order valence-corrected chi connectivity index (χ1v) is 27.6. The SMILES string of the molecule is Cc1ncsc1-c1ccc(CNC(=O)[C@@H]2C[C@@H](O)CN2C(=O)C(NC(=O)CCCCCCCCNC(=O)CCNCC(C(=O)N2CCN(c3ncnc4c3[C@H](C)C[C@H]4O)CC2)c2ccc(Cl)cc2)C(C)(C)C)cc1. The van der Waals surface area contributed by atoms with Crippen LogP contribution in [0.2, 0.25) is 5.02 Å². The minimum atomic E-state index is -0.877. The molecule has 2 unspecified atom stereocenters. The van der Waals surface area contributed by atoms with Gasteiger partial charge in [-0.05, 0) is 66.3 Å². The van der Waals surface area contributed by atoms with E-state index < -0.39 is 35.6 Å². The van der Waals surface area contributed by atoms with E-state index in [0.29, 0.717) is 69.4 Å². The Labute approximate surface area is 444 Å². The Morgan fingerprint density at radius 1 is 0.811 bits per heavy atom. The van der Waals surface area contributed by atoms with Crippen LogP contribution < -0.4 is 26.2 Å². The van der Waals surface area contributed by atoms with Gasteiger partial charge in [-0.25, -0.2) is 15.0 Å². The predicted octanol–water partition coefficient (Wildman–Crippen LogP) is 6.17. The molecule has 4 aromatic rings. The zero-order chi connectivity index (χ0) is 52.9. The van der Waals surface area contributed by atoms with E-state index >= 15 is 0 Å². The summed E-state index contributed by atoms with van der Waals surface area (Å²) in [4.78, 5) is 87.4. The molecule has 17 nitrogen and oxygen atoms in total. The highest BCUT2D eigenvalue weighted by atomic mass is 35.5. The number of anilines is 1. The summed E-state index contributed by atoms with van der Waals surface area (Å²) < 4.78 is 0. The summed E-state index contributed by atoms with van der Waals surface area (Å²) in [5.41, 5.74) is 6.66. The third-order valence-electron chi connectivity index (χ3n) is 14.5.